The molecule has 2 atom stereocenters. The van der Waals surface area contributed by atoms with Crippen molar-refractivity contribution in [1.29, 1.82) is 0 Å². The van der Waals surface area contributed by atoms with Crippen molar-refractivity contribution in [2.75, 3.05) is 5.73 Å². The molecule has 0 unspecified atom stereocenters. The van der Waals surface area contributed by atoms with Gasteiger partial charge in [0, 0.05) is 22.8 Å². The molecule has 1 aliphatic rings. The van der Waals surface area contributed by atoms with Crippen LogP contribution < -0.4 is 11.5 Å². The summed E-state index contributed by atoms with van der Waals surface area (Å²) in [5.74, 6) is 0. The number of hydrogen-bond donors (Lipinski definition) is 2. The van der Waals surface area contributed by atoms with Crippen molar-refractivity contribution in [2.24, 2.45) is 5.73 Å². The first kappa shape index (κ1) is 16.7. The minimum absolute atomic E-state index is 0.0322. The average molecular weight is 362 g/mol. The second kappa shape index (κ2) is 6.04. The van der Waals surface area contributed by atoms with Gasteiger partial charge in [0.15, 0.2) is 5.13 Å². The van der Waals surface area contributed by atoms with E-state index in [4.69, 9.17) is 11.5 Å². The van der Waals surface area contributed by atoms with Crippen molar-refractivity contribution in [3.63, 3.8) is 0 Å². The number of halogens is 3. The fourth-order valence-corrected chi connectivity index (χ4v) is 4.64. The van der Waals surface area contributed by atoms with Crippen LogP contribution in [0, 0.1) is 0 Å². The van der Waals surface area contributed by atoms with Gasteiger partial charge in [-0.05, 0) is 25.8 Å². The third-order valence-electron chi connectivity index (χ3n) is 4.07. The molecule has 126 valence electrons. The topological polar surface area (TPSA) is 68.2 Å². The number of thiazole rings is 1. The molecule has 0 radical (unpaired) electrons. The number of anilines is 1. The summed E-state index contributed by atoms with van der Waals surface area (Å²) >= 11 is 2.35. The van der Waals surface area contributed by atoms with Gasteiger partial charge in [0.2, 0.25) is 0 Å². The second-order valence-corrected chi connectivity index (χ2v) is 7.71. The highest BCUT2D eigenvalue weighted by Gasteiger charge is 2.33. The molecule has 0 spiro atoms. The van der Waals surface area contributed by atoms with Crippen LogP contribution >= 0.6 is 22.7 Å². The van der Waals surface area contributed by atoms with Crippen LogP contribution in [0.5, 0.6) is 0 Å². The molecule has 3 rings (SSSR count). The molecule has 4 N–H and O–H groups in total. The average Bonchev–Trinajstić information content (AvgIpc) is 3.13. The number of hydrogen-bond acceptors (Lipinski definition) is 6. The Morgan fingerprint density at radius 2 is 2.13 bits per heavy atom. The van der Waals surface area contributed by atoms with Crippen LogP contribution in [0.25, 0.3) is 10.6 Å². The monoisotopic (exact) mass is 362 g/mol. The molecule has 2 aromatic rings. The summed E-state index contributed by atoms with van der Waals surface area (Å²) in [7, 11) is 0. The first-order valence-corrected chi connectivity index (χ1v) is 8.88. The van der Waals surface area contributed by atoms with E-state index in [0.29, 0.717) is 28.3 Å². The van der Waals surface area contributed by atoms with E-state index >= 15 is 0 Å². The number of alkyl halides is 3. The van der Waals surface area contributed by atoms with Crippen LogP contribution in [-0.4, -0.2) is 22.1 Å². The van der Waals surface area contributed by atoms with Crippen LogP contribution in [0.3, 0.4) is 0 Å². The van der Waals surface area contributed by atoms with Crippen molar-refractivity contribution in [3.8, 4) is 10.6 Å². The number of nitrogens with zero attached hydrogens (tertiary/aromatic N) is 2. The lowest BCUT2D eigenvalue weighted by Crippen LogP contribution is -2.39. The number of rotatable bonds is 3. The maximum atomic E-state index is 12.8. The summed E-state index contributed by atoms with van der Waals surface area (Å²) in [6.07, 6.45) is -2.44. The van der Waals surface area contributed by atoms with E-state index in [-0.39, 0.29) is 6.17 Å². The Bertz CT molecular complexity index is 684. The number of thiophene rings is 1. The number of nitrogens with two attached hydrogens (primary N) is 2. The molecule has 9 heteroatoms. The molecular weight excluding hydrogens is 345 g/mol. The summed E-state index contributed by atoms with van der Waals surface area (Å²) in [4.78, 5) is 7.74. The minimum Gasteiger partial charge on any atom is -0.375 e. The quantitative estimate of drug-likeness (QED) is 0.873. The highest BCUT2D eigenvalue weighted by atomic mass is 32.1. The normalized spacial score (nSPS) is 22.8. The van der Waals surface area contributed by atoms with Crippen molar-refractivity contribution in [1.82, 2.24) is 9.88 Å². The van der Waals surface area contributed by atoms with Crippen LogP contribution in [-0.2, 0) is 12.7 Å². The lowest BCUT2D eigenvalue weighted by Gasteiger charge is -2.25. The Hall–Kier alpha value is -1.16. The van der Waals surface area contributed by atoms with E-state index in [1.165, 1.54) is 11.3 Å². The van der Waals surface area contributed by atoms with Gasteiger partial charge in [0.25, 0.3) is 0 Å². The molecule has 0 aromatic carbocycles. The first-order chi connectivity index (χ1) is 10.8. The zero-order valence-electron chi connectivity index (χ0n) is 12.4. The molecule has 4 nitrogen and oxygen atoms in total. The lowest BCUT2D eigenvalue weighted by molar-refractivity contribution is -0.137. The van der Waals surface area contributed by atoms with E-state index < -0.39 is 11.7 Å². The summed E-state index contributed by atoms with van der Waals surface area (Å²) < 4.78 is 38.4. The molecule has 2 aromatic heterocycles. The van der Waals surface area contributed by atoms with Gasteiger partial charge in [-0.2, -0.15) is 13.2 Å². The molecule has 1 fully saturated rings. The molecule has 23 heavy (non-hydrogen) atoms. The third kappa shape index (κ3) is 3.37. The van der Waals surface area contributed by atoms with E-state index in [1.807, 2.05) is 0 Å². The van der Waals surface area contributed by atoms with Gasteiger partial charge in [0.1, 0.15) is 0 Å². The molecule has 3 heterocycles. The summed E-state index contributed by atoms with van der Waals surface area (Å²) in [5.41, 5.74) is 11.8. The Morgan fingerprint density at radius 3 is 2.70 bits per heavy atom. The Morgan fingerprint density at radius 1 is 1.39 bits per heavy atom. The maximum Gasteiger partial charge on any atom is 0.417 e. The van der Waals surface area contributed by atoms with Crippen LogP contribution in [0.2, 0.25) is 0 Å². The Labute approximate surface area is 139 Å². The third-order valence-corrected chi connectivity index (χ3v) is 5.88. The van der Waals surface area contributed by atoms with Gasteiger partial charge in [-0.3, -0.25) is 4.90 Å². The van der Waals surface area contributed by atoms with E-state index in [9.17, 15) is 13.2 Å². The van der Waals surface area contributed by atoms with Crippen molar-refractivity contribution in [2.45, 2.75) is 44.7 Å². The van der Waals surface area contributed by atoms with Crippen molar-refractivity contribution < 1.29 is 13.2 Å². The molecule has 0 aliphatic carbocycles. The van der Waals surface area contributed by atoms with Crippen molar-refractivity contribution in [3.05, 3.63) is 21.9 Å². The molecule has 0 bridgehead atoms. The molecular formula is C14H17F3N4S2. The number of aromatic nitrogens is 1. The summed E-state index contributed by atoms with van der Waals surface area (Å²) in [5, 5.41) is 1.47. The van der Waals surface area contributed by atoms with E-state index in [1.54, 1.807) is 0 Å². The molecule has 1 saturated heterocycles. The fourth-order valence-electron chi connectivity index (χ4n) is 2.79. The lowest BCUT2D eigenvalue weighted by atomic mass is 10.2. The van der Waals surface area contributed by atoms with E-state index in [0.717, 1.165) is 40.5 Å². The van der Waals surface area contributed by atoms with Gasteiger partial charge in [-0.25, -0.2) is 4.98 Å². The number of nitrogen functional groups attached to an aromatic ring is 1. The molecule has 0 amide bonds. The Balaban J connectivity index is 1.90. The highest BCUT2D eigenvalue weighted by Crippen LogP contribution is 2.40. The van der Waals surface area contributed by atoms with E-state index in [2.05, 4.69) is 16.8 Å². The number of likely N-dealkylation sites (tertiary alicyclic amines) is 1. The maximum absolute atomic E-state index is 12.8. The van der Waals surface area contributed by atoms with Crippen LogP contribution in [0.4, 0.5) is 18.3 Å². The van der Waals surface area contributed by atoms with Crippen LogP contribution in [0.15, 0.2) is 11.4 Å². The minimum atomic E-state index is -4.34. The zero-order valence-corrected chi connectivity index (χ0v) is 14.1. The largest absolute Gasteiger partial charge is 0.417 e. The van der Waals surface area contributed by atoms with Gasteiger partial charge < -0.3 is 11.5 Å². The van der Waals surface area contributed by atoms with Gasteiger partial charge in [0.05, 0.1) is 22.3 Å². The van der Waals surface area contributed by atoms with Gasteiger partial charge >= 0.3 is 6.18 Å². The summed E-state index contributed by atoms with van der Waals surface area (Å²) in [6.45, 7) is 2.66. The first-order valence-electron chi connectivity index (χ1n) is 7.18. The van der Waals surface area contributed by atoms with Gasteiger partial charge in [-0.1, -0.05) is 0 Å². The standard InChI is InChI=1S/C14H17F3N4S2/c1-7-2-3-11(18)21(7)5-10-12(20-13(19)23-10)9-4-8(6-22-9)14(15,16)17/h4,6-7,11H,2-3,5,18H2,1H3,(H2,19,20)/t7-,11+/m1/s1. The zero-order chi connectivity index (χ0) is 16.8. The predicted molar refractivity (Wildman–Crippen MR) is 87.1 cm³/mol. The summed E-state index contributed by atoms with van der Waals surface area (Å²) in [6, 6.07) is 1.48. The molecule has 1 aliphatic heterocycles. The predicted octanol–water partition coefficient (Wildman–Crippen LogP) is 3.74. The van der Waals surface area contributed by atoms with Gasteiger partial charge in [-0.15, -0.1) is 22.7 Å². The van der Waals surface area contributed by atoms with Crippen LogP contribution in [0.1, 0.15) is 30.2 Å². The van der Waals surface area contributed by atoms with Crippen molar-refractivity contribution >= 4 is 27.8 Å². The Kier molecular flexibility index (Phi) is 4.39. The smallest absolute Gasteiger partial charge is 0.375 e. The SMILES string of the molecule is C[C@@H]1CC[C@@H](N)N1Cc1sc(N)nc1-c1cc(C(F)(F)F)cs1. The molecule has 0 saturated carbocycles. The second-order valence-electron chi connectivity index (χ2n) is 5.69. The highest BCUT2D eigenvalue weighted by molar-refractivity contribution is 7.17. The fraction of sp³-hybridized carbons (Fsp3) is 0.500.